The maximum absolute atomic E-state index is 12.0. The van der Waals surface area contributed by atoms with Gasteiger partial charge in [0.05, 0.1) is 19.6 Å². The van der Waals surface area contributed by atoms with E-state index in [1.54, 1.807) is 26.5 Å². The van der Waals surface area contributed by atoms with Crippen molar-refractivity contribution in [3.63, 3.8) is 0 Å². The van der Waals surface area contributed by atoms with E-state index in [1.807, 2.05) is 0 Å². The molecule has 0 radical (unpaired) electrons. The van der Waals surface area contributed by atoms with Crippen LogP contribution in [-0.2, 0) is 24.0 Å². The first-order chi connectivity index (χ1) is 16.0. The van der Waals surface area contributed by atoms with Crippen molar-refractivity contribution in [2.45, 2.75) is 32.2 Å². The van der Waals surface area contributed by atoms with E-state index in [0.717, 1.165) is 0 Å². The van der Waals surface area contributed by atoms with E-state index in [2.05, 4.69) is 0 Å². The van der Waals surface area contributed by atoms with E-state index in [-0.39, 0.29) is 64.4 Å². The number of carbonyl (C=O) groups excluding carboxylic acids is 2. The average molecular weight is 488 g/mol. The number of Topliss-reactive ketones (excluding diaryl/α,β-unsaturated/α-hetero) is 1. The summed E-state index contributed by atoms with van der Waals surface area (Å²) in [5.74, 6) is -3.74. The molecule has 13 heteroatoms. The number of carbonyl (C=O) groups is 5. The molecule has 1 atom stereocenters. The molecule has 13 nitrogen and oxygen atoms in total. The zero-order valence-corrected chi connectivity index (χ0v) is 19.7. The summed E-state index contributed by atoms with van der Waals surface area (Å²) in [6.45, 7) is 3.39. The fourth-order valence-corrected chi connectivity index (χ4v) is 3.88. The van der Waals surface area contributed by atoms with Crippen LogP contribution < -0.4 is 5.73 Å². The highest BCUT2D eigenvalue weighted by atomic mass is 16.4. The molecule has 1 heterocycles. The van der Waals surface area contributed by atoms with Gasteiger partial charge in [-0.05, 0) is 6.42 Å². The van der Waals surface area contributed by atoms with E-state index in [4.69, 9.17) is 5.73 Å². The highest BCUT2D eigenvalue weighted by Crippen LogP contribution is 2.11. The maximum Gasteiger partial charge on any atom is 0.320 e. The van der Waals surface area contributed by atoms with Crippen molar-refractivity contribution in [1.29, 1.82) is 0 Å². The normalized spacial score (nSPS) is 19.0. The molecule has 5 N–H and O–H groups in total. The van der Waals surface area contributed by atoms with Gasteiger partial charge in [0.15, 0.2) is 0 Å². The molecule has 1 rings (SSSR count). The lowest BCUT2D eigenvalue weighted by Gasteiger charge is -2.35. The van der Waals surface area contributed by atoms with Crippen LogP contribution in [0.2, 0.25) is 0 Å². The fraction of sp³-hybridized carbons (Fsp3) is 0.762. The number of primary amides is 1. The van der Waals surface area contributed by atoms with Crippen molar-refractivity contribution in [1.82, 2.24) is 19.6 Å². The van der Waals surface area contributed by atoms with E-state index < -0.39 is 29.9 Å². The van der Waals surface area contributed by atoms with Crippen LogP contribution >= 0.6 is 0 Å². The van der Waals surface area contributed by atoms with Gasteiger partial charge < -0.3 is 21.1 Å². The number of nitrogens with two attached hydrogens (primary N) is 1. The zero-order chi connectivity index (χ0) is 25.7. The van der Waals surface area contributed by atoms with Crippen molar-refractivity contribution in [3.05, 3.63) is 0 Å². The quantitative estimate of drug-likeness (QED) is 0.239. The predicted octanol–water partition coefficient (Wildman–Crippen LogP) is -1.92. The van der Waals surface area contributed by atoms with Gasteiger partial charge in [0.1, 0.15) is 11.8 Å². The summed E-state index contributed by atoms with van der Waals surface area (Å²) in [4.78, 5) is 64.7. The van der Waals surface area contributed by atoms with E-state index >= 15 is 0 Å². The summed E-state index contributed by atoms with van der Waals surface area (Å²) >= 11 is 0. The number of rotatable bonds is 12. The minimum atomic E-state index is -1.09. The van der Waals surface area contributed by atoms with Gasteiger partial charge in [-0.15, -0.1) is 0 Å². The van der Waals surface area contributed by atoms with Crippen molar-refractivity contribution < 1.29 is 39.3 Å². The first-order valence-electron chi connectivity index (χ1n) is 11.4. The van der Waals surface area contributed by atoms with Crippen LogP contribution in [0, 0.1) is 0 Å². The van der Waals surface area contributed by atoms with Crippen molar-refractivity contribution >= 4 is 29.6 Å². The number of hydrogen-bond donors (Lipinski definition) is 4. The van der Waals surface area contributed by atoms with Crippen LogP contribution in [0.5, 0.6) is 0 Å². The van der Waals surface area contributed by atoms with E-state index in [9.17, 15) is 39.3 Å². The minimum absolute atomic E-state index is 0.0412. The molecule has 0 aromatic heterocycles. The fourth-order valence-electron chi connectivity index (χ4n) is 3.88. The Morgan fingerprint density at radius 3 is 1.50 bits per heavy atom. The van der Waals surface area contributed by atoms with Gasteiger partial charge in [-0.3, -0.25) is 43.6 Å². The molecule has 1 fully saturated rings. The summed E-state index contributed by atoms with van der Waals surface area (Å²) < 4.78 is 0. The van der Waals surface area contributed by atoms with Crippen molar-refractivity contribution in [2.24, 2.45) is 5.73 Å². The Hall–Kier alpha value is -2.61. The average Bonchev–Trinajstić information content (AvgIpc) is 2.73. The number of aliphatic carboxylic acids is 3. The SMILES string of the molecule is CCC(=O)CCC(C(=O)O)N1CCN(CC(=O)O)CCN(CC(N)=O)CCN(CC(=O)O)CC1. The molecule has 1 saturated heterocycles. The van der Waals surface area contributed by atoms with Gasteiger partial charge in [0, 0.05) is 65.2 Å². The third kappa shape index (κ3) is 12.0. The number of carboxylic acids is 3. The third-order valence-corrected chi connectivity index (χ3v) is 5.79. The van der Waals surface area contributed by atoms with E-state index in [1.165, 1.54) is 0 Å². The van der Waals surface area contributed by atoms with Gasteiger partial charge in [0.25, 0.3) is 0 Å². The molecule has 0 bridgehead atoms. The molecule has 1 aliphatic heterocycles. The topological polar surface area (TPSA) is 185 Å². The lowest BCUT2D eigenvalue weighted by Crippen LogP contribution is -2.52. The lowest BCUT2D eigenvalue weighted by molar-refractivity contribution is -0.145. The highest BCUT2D eigenvalue weighted by molar-refractivity contribution is 5.80. The van der Waals surface area contributed by atoms with Gasteiger partial charge in [-0.2, -0.15) is 0 Å². The molecule has 1 aliphatic rings. The summed E-state index contributed by atoms with van der Waals surface area (Å²) in [5, 5.41) is 28.4. The van der Waals surface area contributed by atoms with Crippen molar-refractivity contribution in [3.8, 4) is 0 Å². The third-order valence-electron chi connectivity index (χ3n) is 5.79. The Bertz CT molecular complexity index is 687. The number of amides is 1. The van der Waals surface area contributed by atoms with Crippen LogP contribution in [0.1, 0.15) is 26.2 Å². The Kier molecular flexibility index (Phi) is 13.3. The van der Waals surface area contributed by atoms with Gasteiger partial charge in [-0.1, -0.05) is 6.92 Å². The number of nitrogens with zero attached hydrogens (tertiary/aromatic N) is 4. The van der Waals surface area contributed by atoms with Crippen LogP contribution in [0.15, 0.2) is 0 Å². The summed E-state index contributed by atoms with van der Waals surface area (Å²) in [6.07, 6.45) is 0.545. The predicted molar refractivity (Wildman–Crippen MR) is 121 cm³/mol. The van der Waals surface area contributed by atoms with Crippen LogP contribution in [-0.4, -0.2) is 143 Å². The monoisotopic (exact) mass is 487 g/mol. The minimum Gasteiger partial charge on any atom is -0.480 e. The van der Waals surface area contributed by atoms with Gasteiger partial charge >= 0.3 is 17.9 Å². The molecule has 34 heavy (non-hydrogen) atoms. The summed E-state index contributed by atoms with van der Waals surface area (Å²) in [5.41, 5.74) is 5.33. The second-order valence-electron chi connectivity index (χ2n) is 8.40. The Morgan fingerprint density at radius 2 is 1.15 bits per heavy atom. The van der Waals surface area contributed by atoms with Crippen LogP contribution in [0.25, 0.3) is 0 Å². The molecule has 194 valence electrons. The first kappa shape index (κ1) is 29.4. The summed E-state index contributed by atoms with van der Waals surface area (Å²) in [7, 11) is 0. The first-order valence-corrected chi connectivity index (χ1v) is 11.4. The molecule has 1 unspecified atom stereocenters. The molecule has 0 aromatic carbocycles. The summed E-state index contributed by atoms with van der Waals surface area (Å²) in [6, 6.07) is -0.955. The Morgan fingerprint density at radius 1 is 0.735 bits per heavy atom. The molecular weight excluding hydrogens is 450 g/mol. The molecular formula is C21H37N5O8. The number of hydrogen-bond acceptors (Lipinski definition) is 9. The Balaban J connectivity index is 3.11. The molecule has 0 aliphatic carbocycles. The second-order valence-corrected chi connectivity index (χ2v) is 8.40. The van der Waals surface area contributed by atoms with Crippen LogP contribution in [0.3, 0.4) is 0 Å². The number of ketones is 1. The maximum atomic E-state index is 12.0. The smallest absolute Gasteiger partial charge is 0.320 e. The second kappa shape index (κ2) is 15.3. The van der Waals surface area contributed by atoms with Crippen molar-refractivity contribution in [2.75, 3.05) is 72.0 Å². The standard InChI is InChI=1S/C21H37N5O8/c1-2-16(27)3-4-17(21(33)34)26-11-9-24(14-19(29)30)7-5-23(13-18(22)28)6-8-25(10-12-26)15-20(31)32/h17H,2-15H2,1H3,(H2,22,28)(H,29,30)(H,31,32)(H,33,34). The lowest BCUT2D eigenvalue weighted by atomic mass is 10.1. The van der Waals surface area contributed by atoms with Gasteiger partial charge in [0.2, 0.25) is 5.91 Å². The van der Waals surface area contributed by atoms with Gasteiger partial charge in [-0.25, -0.2) is 0 Å². The highest BCUT2D eigenvalue weighted by Gasteiger charge is 2.28. The molecule has 0 aromatic rings. The molecule has 1 amide bonds. The largest absolute Gasteiger partial charge is 0.480 e. The van der Waals surface area contributed by atoms with Crippen LogP contribution in [0.4, 0.5) is 0 Å². The van der Waals surface area contributed by atoms with E-state index in [0.29, 0.717) is 32.6 Å². The zero-order valence-electron chi connectivity index (χ0n) is 19.7. The molecule has 0 saturated carbocycles. The molecule has 0 spiro atoms. The Labute approximate surface area is 199 Å². The number of carboxylic acid groups (broad SMARTS) is 3.